The van der Waals surface area contributed by atoms with Crippen LogP contribution < -0.4 is 5.32 Å². The first-order valence-corrected chi connectivity index (χ1v) is 6.95. The Kier molecular flexibility index (Phi) is 6.65. The smallest absolute Gasteiger partial charge is 0.0540 e. The van der Waals surface area contributed by atoms with Crippen molar-refractivity contribution in [3.8, 4) is 0 Å². The molecule has 0 heterocycles. The molecule has 84 valence electrons. The highest BCUT2D eigenvalue weighted by atomic mass is 32.2. The summed E-state index contributed by atoms with van der Waals surface area (Å²) < 4.78 is 0. The molecule has 0 spiro atoms. The van der Waals surface area contributed by atoms with Gasteiger partial charge in [-0.25, -0.2) is 0 Å². The molecule has 2 nitrogen and oxygen atoms in total. The number of hydrogen-bond donors (Lipinski definition) is 2. The molecule has 0 aromatic heterocycles. The third-order valence-electron chi connectivity index (χ3n) is 2.88. The van der Waals surface area contributed by atoms with E-state index in [-0.39, 0.29) is 6.10 Å². The molecule has 3 heteroatoms. The highest BCUT2D eigenvalue weighted by Gasteiger charge is 2.18. The van der Waals surface area contributed by atoms with E-state index >= 15 is 0 Å². The fourth-order valence-electron chi connectivity index (χ4n) is 1.94. The summed E-state index contributed by atoms with van der Waals surface area (Å²) in [4.78, 5) is 0. The molecular weight excluding hydrogens is 194 g/mol. The first kappa shape index (κ1) is 12.3. The van der Waals surface area contributed by atoms with Gasteiger partial charge in [-0.05, 0) is 43.9 Å². The molecule has 1 aliphatic rings. The van der Waals surface area contributed by atoms with Crippen LogP contribution >= 0.6 is 11.8 Å². The molecule has 1 saturated carbocycles. The Hall–Kier alpha value is 0.270. The summed E-state index contributed by atoms with van der Waals surface area (Å²) >= 11 is 1.99. The van der Waals surface area contributed by atoms with E-state index in [1.165, 1.54) is 24.3 Å². The Labute approximate surface area is 91.9 Å². The maximum atomic E-state index is 9.34. The molecule has 14 heavy (non-hydrogen) atoms. The van der Waals surface area contributed by atoms with E-state index in [0.29, 0.717) is 0 Å². The van der Waals surface area contributed by atoms with Crippen LogP contribution in [-0.2, 0) is 0 Å². The predicted molar refractivity (Wildman–Crippen MR) is 63.8 cm³/mol. The molecular formula is C11H23NOS. The lowest BCUT2D eigenvalue weighted by Crippen LogP contribution is -2.29. The van der Waals surface area contributed by atoms with Crippen LogP contribution in [0.5, 0.6) is 0 Å². The first-order valence-electron chi connectivity index (χ1n) is 5.79. The van der Waals surface area contributed by atoms with Gasteiger partial charge in [-0.15, -0.1) is 0 Å². The van der Waals surface area contributed by atoms with Gasteiger partial charge in [0.05, 0.1) is 6.10 Å². The van der Waals surface area contributed by atoms with Crippen molar-refractivity contribution in [3.63, 3.8) is 0 Å². The summed E-state index contributed by atoms with van der Waals surface area (Å²) in [5.41, 5.74) is 0. The van der Waals surface area contributed by atoms with Gasteiger partial charge < -0.3 is 10.4 Å². The quantitative estimate of drug-likeness (QED) is 0.666. The van der Waals surface area contributed by atoms with Crippen molar-refractivity contribution in [1.82, 2.24) is 5.32 Å². The molecule has 1 fully saturated rings. The monoisotopic (exact) mass is 217 g/mol. The van der Waals surface area contributed by atoms with Crippen LogP contribution in [0.2, 0.25) is 0 Å². The predicted octanol–water partition coefficient (Wildman–Crippen LogP) is 1.88. The van der Waals surface area contributed by atoms with Crippen molar-refractivity contribution < 1.29 is 5.11 Å². The maximum Gasteiger partial charge on any atom is 0.0540 e. The van der Waals surface area contributed by atoms with Gasteiger partial charge in [-0.1, -0.05) is 6.92 Å². The van der Waals surface area contributed by atoms with Crippen LogP contribution in [0.15, 0.2) is 0 Å². The van der Waals surface area contributed by atoms with Crippen LogP contribution in [0, 0.1) is 5.92 Å². The summed E-state index contributed by atoms with van der Waals surface area (Å²) in [5, 5.41) is 12.8. The lowest BCUT2D eigenvalue weighted by atomic mass is 9.87. The number of thioether (sulfide) groups is 1. The molecule has 0 aromatic carbocycles. The van der Waals surface area contributed by atoms with Gasteiger partial charge in [-0.3, -0.25) is 0 Å². The Bertz CT molecular complexity index is 135. The average Bonchev–Trinajstić information content (AvgIpc) is 2.21. The highest BCUT2D eigenvalue weighted by molar-refractivity contribution is 7.99. The number of aliphatic hydroxyl groups is 1. The second kappa shape index (κ2) is 7.55. The molecule has 0 atom stereocenters. The summed E-state index contributed by atoms with van der Waals surface area (Å²) in [6.45, 7) is 4.49. The highest BCUT2D eigenvalue weighted by Crippen LogP contribution is 2.23. The second-order valence-corrected chi connectivity index (χ2v) is 5.47. The van der Waals surface area contributed by atoms with Gasteiger partial charge in [0.1, 0.15) is 0 Å². The molecule has 2 N–H and O–H groups in total. The summed E-state index contributed by atoms with van der Waals surface area (Å²) in [7, 11) is 0. The van der Waals surface area contributed by atoms with E-state index in [9.17, 15) is 5.11 Å². The molecule has 1 aliphatic carbocycles. The third-order valence-corrected chi connectivity index (χ3v) is 3.78. The van der Waals surface area contributed by atoms with Gasteiger partial charge >= 0.3 is 0 Å². The Morgan fingerprint density at radius 2 is 2.00 bits per heavy atom. The fraction of sp³-hybridized carbons (Fsp3) is 1.00. The standard InChI is InChI=1S/C11H23NOS/c1-2-14-8-7-12-9-10-3-5-11(13)6-4-10/h10-13H,2-9H2,1H3. The van der Waals surface area contributed by atoms with E-state index in [1.807, 2.05) is 11.8 Å². The maximum absolute atomic E-state index is 9.34. The lowest BCUT2D eigenvalue weighted by molar-refractivity contribution is 0.108. The Morgan fingerprint density at radius 3 is 2.64 bits per heavy atom. The molecule has 1 rings (SSSR count). The van der Waals surface area contributed by atoms with Crippen molar-refractivity contribution in [2.24, 2.45) is 5.92 Å². The summed E-state index contributed by atoms with van der Waals surface area (Å²) in [5.74, 6) is 3.26. The van der Waals surface area contributed by atoms with E-state index in [0.717, 1.165) is 31.8 Å². The molecule has 0 aliphatic heterocycles. The summed E-state index contributed by atoms with van der Waals surface area (Å²) in [6, 6.07) is 0. The van der Waals surface area contributed by atoms with E-state index in [2.05, 4.69) is 12.2 Å². The number of rotatable bonds is 6. The number of hydrogen-bond acceptors (Lipinski definition) is 3. The Morgan fingerprint density at radius 1 is 1.29 bits per heavy atom. The van der Waals surface area contributed by atoms with E-state index in [4.69, 9.17) is 0 Å². The molecule has 0 amide bonds. The van der Waals surface area contributed by atoms with Crippen molar-refractivity contribution in [2.75, 3.05) is 24.6 Å². The van der Waals surface area contributed by atoms with Gasteiger partial charge in [0.2, 0.25) is 0 Å². The normalized spacial score (nSPS) is 27.9. The minimum Gasteiger partial charge on any atom is -0.393 e. The van der Waals surface area contributed by atoms with Crippen molar-refractivity contribution >= 4 is 11.8 Å². The average molecular weight is 217 g/mol. The third kappa shape index (κ3) is 5.23. The summed E-state index contributed by atoms with van der Waals surface area (Å²) in [6.07, 6.45) is 4.41. The Balaban J connectivity index is 1.91. The molecule has 0 unspecified atom stereocenters. The van der Waals surface area contributed by atoms with Crippen molar-refractivity contribution in [3.05, 3.63) is 0 Å². The molecule has 0 radical (unpaired) electrons. The fourth-order valence-corrected chi connectivity index (χ4v) is 2.52. The van der Waals surface area contributed by atoms with Crippen molar-refractivity contribution in [2.45, 2.75) is 38.7 Å². The second-order valence-electron chi connectivity index (χ2n) is 4.08. The van der Waals surface area contributed by atoms with E-state index < -0.39 is 0 Å². The molecule has 0 saturated heterocycles. The zero-order valence-electron chi connectivity index (χ0n) is 9.17. The van der Waals surface area contributed by atoms with Crippen LogP contribution in [0.25, 0.3) is 0 Å². The topological polar surface area (TPSA) is 32.3 Å². The molecule has 0 bridgehead atoms. The van der Waals surface area contributed by atoms with Crippen molar-refractivity contribution in [1.29, 1.82) is 0 Å². The van der Waals surface area contributed by atoms with Gasteiger partial charge in [-0.2, -0.15) is 11.8 Å². The zero-order chi connectivity index (χ0) is 10.2. The minimum atomic E-state index is -0.0121. The van der Waals surface area contributed by atoms with Crippen LogP contribution in [0.1, 0.15) is 32.6 Å². The van der Waals surface area contributed by atoms with E-state index in [1.54, 1.807) is 0 Å². The van der Waals surface area contributed by atoms with Crippen LogP contribution in [0.3, 0.4) is 0 Å². The van der Waals surface area contributed by atoms with Crippen LogP contribution in [0.4, 0.5) is 0 Å². The number of nitrogens with one attached hydrogen (secondary N) is 1. The molecule has 0 aromatic rings. The van der Waals surface area contributed by atoms with Gasteiger partial charge in [0, 0.05) is 12.3 Å². The largest absolute Gasteiger partial charge is 0.393 e. The van der Waals surface area contributed by atoms with Gasteiger partial charge in [0.15, 0.2) is 0 Å². The number of aliphatic hydroxyl groups excluding tert-OH is 1. The van der Waals surface area contributed by atoms with Crippen LogP contribution in [-0.4, -0.2) is 35.8 Å². The lowest BCUT2D eigenvalue weighted by Gasteiger charge is -2.25. The SMILES string of the molecule is CCSCCNCC1CCC(O)CC1. The van der Waals surface area contributed by atoms with Gasteiger partial charge in [0.25, 0.3) is 0 Å². The minimum absolute atomic E-state index is 0.0121. The first-order chi connectivity index (χ1) is 6.83. The zero-order valence-corrected chi connectivity index (χ0v) is 9.98.